The first kappa shape index (κ1) is 18.3. The average Bonchev–Trinajstić information content (AvgIpc) is 3.25. The molecule has 0 spiro atoms. The van der Waals surface area contributed by atoms with E-state index in [9.17, 15) is 9.18 Å². The topological polar surface area (TPSA) is 67.1 Å². The van der Waals surface area contributed by atoms with Gasteiger partial charge in [-0.05, 0) is 36.7 Å². The third-order valence-corrected chi connectivity index (χ3v) is 4.15. The Bertz CT molecular complexity index is 808. The maximum absolute atomic E-state index is 14.0. The number of rotatable bonds is 6. The van der Waals surface area contributed by atoms with Gasteiger partial charge in [-0.25, -0.2) is 9.18 Å². The Morgan fingerprint density at radius 2 is 2.19 bits per heavy atom. The molecule has 1 aromatic heterocycles. The van der Waals surface area contributed by atoms with E-state index in [1.807, 2.05) is 6.92 Å². The molecule has 1 aliphatic heterocycles. The molecule has 26 heavy (non-hydrogen) atoms. The number of amides is 2. The zero-order valence-corrected chi connectivity index (χ0v) is 15.0. The summed E-state index contributed by atoms with van der Waals surface area (Å²) in [5.41, 5.74) is 1.07. The Morgan fingerprint density at radius 3 is 2.88 bits per heavy atom. The lowest BCUT2D eigenvalue weighted by Gasteiger charge is -2.25. The van der Waals surface area contributed by atoms with Gasteiger partial charge in [-0.3, -0.25) is 0 Å². The summed E-state index contributed by atoms with van der Waals surface area (Å²) in [6.07, 6.45) is 0.125. The average molecular weight is 380 g/mol. The standard InChI is InChI=1S/C18H19ClFN3O3/c1-2-21-18(24)23(10-12-5-3-4-6-14(12)20)11-13-9-15(22-26-13)16-7-8-17(19)25-16/h3-8,13H,2,9-11H2,1H3,(H,21,24)/t13-/m1/s1. The fourth-order valence-electron chi connectivity index (χ4n) is 2.70. The van der Waals surface area contributed by atoms with Gasteiger partial charge < -0.3 is 19.5 Å². The van der Waals surface area contributed by atoms with Crippen LogP contribution in [0.1, 0.15) is 24.7 Å². The molecule has 0 fully saturated rings. The molecule has 1 aromatic carbocycles. The van der Waals surface area contributed by atoms with Gasteiger partial charge in [0.2, 0.25) is 0 Å². The van der Waals surface area contributed by atoms with Crippen LogP contribution in [0.3, 0.4) is 0 Å². The van der Waals surface area contributed by atoms with Crippen molar-refractivity contribution in [3.63, 3.8) is 0 Å². The molecule has 6 nitrogen and oxygen atoms in total. The molecule has 138 valence electrons. The zero-order chi connectivity index (χ0) is 18.5. The monoisotopic (exact) mass is 379 g/mol. The second kappa shape index (κ2) is 8.23. The van der Waals surface area contributed by atoms with Gasteiger partial charge >= 0.3 is 6.03 Å². The number of oxime groups is 1. The Balaban J connectivity index is 1.67. The first-order valence-electron chi connectivity index (χ1n) is 8.31. The van der Waals surface area contributed by atoms with E-state index in [0.29, 0.717) is 30.0 Å². The summed E-state index contributed by atoms with van der Waals surface area (Å²) in [7, 11) is 0. The van der Waals surface area contributed by atoms with Gasteiger partial charge in [-0.15, -0.1) is 0 Å². The third kappa shape index (κ3) is 4.35. The number of carbonyl (C=O) groups excluding carboxylic acids is 1. The molecular weight excluding hydrogens is 361 g/mol. The van der Waals surface area contributed by atoms with E-state index in [4.69, 9.17) is 20.9 Å². The minimum atomic E-state index is -0.351. The van der Waals surface area contributed by atoms with Crippen molar-refractivity contribution in [1.29, 1.82) is 0 Å². The lowest BCUT2D eigenvalue weighted by molar-refractivity contribution is 0.0588. The van der Waals surface area contributed by atoms with Crippen LogP contribution in [0, 0.1) is 5.82 Å². The van der Waals surface area contributed by atoms with Crippen LogP contribution in [0.4, 0.5) is 9.18 Å². The SMILES string of the molecule is CCNC(=O)N(Cc1ccccc1F)C[C@H]1CC(c2ccc(Cl)o2)=NO1. The van der Waals surface area contributed by atoms with Crippen LogP contribution in [-0.2, 0) is 11.4 Å². The molecule has 1 N–H and O–H groups in total. The second-order valence-electron chi connectivity index (χ2n) is 5.88. The molecule has 2 aromatic rings. The first-order valence-corrected chi connectivity index (χ1v) is 8.69. The lowest BCUT2D eigenvalue weighted by Crippen LogP contribution is -2.43. The van der Waals surface area contributed by atoms with Gasteiger partial charge in [0, 0.05) is 18.5 Å². The number of nitrogens with zero attached hydrogens (tertiary/aromatic N) is 2. The molecule has 2 amide bonds. The normalized spacial score (nSPS) is 16.1. The van der Waals surface area contributed by atoms with Gasteiger partial charge in [0.15, 0.2) is 17.1 Å². The van der Waals surface area contributed by atoms with Crippen molar-refractivity contribution >= 4 is 23.3 Å². The first-order chi connectivity index (χ1) is 12.6. The summed E-state index contributed by atoms with van der Waals surface area (Å²) in [6, 6.07) is 9.45. The largest absolute Gasteiger partial charge is 0.443 e. The van der Waals surface area contributed by atoms with Crippen LogP contribution in [0.5, 0.6) is 0 Å². The van der Waals surface area contributed by atoms with E-state index in [2.05, 4.69) is 10.5 Å². The molecule has 0 saturated heterocycles. The van der Waals surface area contributed by atoms with Crippen LogP contribution in [0.2, 0.25) is 5.22 Å². The van der Waals surface area contributed by atoms with E-state index in [1.165, 1.54) is 11.0 Å². The number of hydrogen-bond donors (Lipinski definition) is 1. The van der Waals surface area contributed by atoms with Gasteiger partial charge in [0.05, 0.1) is 13.1 Å². The predicted molar refractivity (Wildman–Crippen MR) is 95.6 cm³/mol. The maximum Gasteiger partial charge on any atom is 0.317 e. The Morgan fingerprint density at radius 1 is 1.38 bits per heavy atom. The molecule has 0 bridgehead atoms. The van der Waals surface area contributed by atoms with Crippen LogP contribution < -0.4 is 5.32 Å². The Labute approximate surface area is 155 Å². The maximum atomic E-state index is 14.0. The summed E-state index contributed by atoms with van der Waals surface area (Å²) in [5, 5.41) is 7.03. The molecule has 1 atom stereocenters. The highest BCUT2D eigenvalue weighted by Gasteiger charge is 2.28. The number of hydrogen-bond acceptors (Lipinski definition) is 4. The molecule has 3 rings (SSSR count). The Kier molecular flexibility index (Phi) is 5.78. The van der Waals surface area contributed by atoms with E-state index >= 15 is 0 Å². The summed E-state index contributed by atoms with van der Waals surface area (Å²) in [6.45, 7) is 2.71. The van der Waals surface area contributed by atoms with E-state index in [1.54, 1.807) is 30.3 Å². The minimum Gasteiger partial charge on any atom is -0.443 e. The molecule has 8 heteroatoms. The predicted octanol–water partition coefficient (Wildman–Crippen LogP) is 3.80. The van der Waals surface area contributed by atoms with E-state index in [-0.39, 0.29) is 36.3 Å². The molecule has 0 aliphatic carbocycles. The van der Waals surface area contributed by atoms with Gasteiger partial charge in [-0.2, -0.15) is 0 Å². The Hall–Kier alpha value is -2.54. The number of carbonyl (C=O) groups is 1. The summed E-state index contributed by atoms with van der Waals surface area (Å²) >= 11 is 5.78. The number of nitrogens with one attached hydrogen (secondary N) is 1. The van der Waals surface area contributed by atoms with Crippen molar-refractivity contribution < 1.29 is 18.4 Å². The number of urea groups is 1. The molecule has 1 aliphatic rings. The van der Waals surface area contributed by atoms with Crippen molar-refractivity contribution in [3.8, 4) is 0 Å². The van der Waals surface area contributed by atoms with Crippen molar-refractivity contribution in [2.45, 2.75) is 26.0 Å². The summed E-state index contributed by atoms with van der Waals surface area (Å²) < 4.78 is 19.3. The number of furan rings is 1. The smallest absolute Gasteiger partial charge is 0.317 e. The third-order valence-electron chi connectivity index (χ3n) is 3.95. The van der Waals surface area contributed by atoms with Crippen molar-refractivity contribution in [2.75, 3.05) is 13.1 Å². The van der Waals surface area contributed by atoms with Crippen LogP contribution >= 0.6 is 11.6 Å². The zero-order valence-electron chi connectivity index (χ0n) is 14.2. The fourth-order valence-corrected chi connectivity index (χ4v) is 2.85. The van der Waals surface area contributed by atoms with Crippen molar-refractivity contribution in [1.82, 2.24) is 10.2 Å². The highest BCUT2D eigenvalue weighted by atomic mass is 35.5. The number of benzene rings is 1. The van der Waals surface area contributed by atoms with Crippen LogP contribution in [0.25, 0.3) is 0 Å². The van der Waals surface area contributed by atoms with Crippen LogP contribution in [-0.4, -0.2) is 35.8 Å². The van der Waals surface area contributed by atoms with Gasteiger partial charge in [-0.1, -0.05) is 23.4 Å². The fraction of sp³-hybridized carbons (Fsp3) is 0.333. The van der Waals surface area contributed by atoms with Crippen molar-refractivity contribution in [3.05, 3.63) is 58.8 Å². The summed E-state index contributed by atoms with van der Waals surface area (Å²) in [5.74, 6) is 0.187. The molecule has 0 unspecified atom stereocenters. The minimum absolute atomic E-state index is 0.139. The van der Waals surface area contributed by atoms with E-state index in [0.717, 1.165) is 0 Å². The lowest BCUT2D eigenvalue weighted by atomic mass is 10.1. The second-order valence-corrected chi connectivity index (χ2v) is 6.25. The molecule has 0 saturated carbocycles. The number of halogens is 2. The molecule has 0 radical (unpaired) electrons. The van der Waals surface area contributed by atoms with Gasteiger partial charge in [0.1, 0.15) is 11.5 Å². The summed E-state index contributed by atoms with van der Waals surface area (Å²) in [4.78, 5) is 19.3. The van der Waals surface area contributed by atoms with Crippen molar-refractivity contribution in [2.24, 2.45) is 5.16 Å². The highest BCUT2D eigenvalue weighted by Crippen LogP contribution is 2.22. The van der Waals surface area contributed by atoms with Crippen LogP contribution in [0.15, 0.2) is 46.0 Å². The quantitative estimate of drug-likeness (QED) is 0.830. The highest BCUT2D eigenvalue weighted by molar-refractivity contribution is 6.29. The molecule has 2 heterocycles. The molecular formula is C18H19ClFN3O3. The van der Waals surface area contributed by atoms with E-state index < -0.39 is 0 Å². The van der Waals surface area contributed by atoms with Gasteiger partial charge in [0.25, 0.3) is 0 Å².